The maximum atomic E-state index is 12.1. The largest absolute Gasteiger partial charge is 0.488 e. The molecule has 2 aliphatic rings. The molecule has 0 N–H and O–H groups in total. The van der Waals surface area contributed by atoms with Gasteiger partial charge in [0.05, 0.1) is 7.11 Å². The second kappa shape index (κ2) is 6.17. The third-order valence-electron chi connectivity index (χ3n) is 4.22. The summed E-state index contributed by atoms with van der Waals surface area (Å²) in [6.45, 7) is 0. The van der Waals surface area contributed by atoms with Crippen molar-refractivity contribution in [3.8, 4) is 0 Å². The lowest BCUT2D eigenvalue weighted by molar-refractivity contribution is -0.135. The molecule has 1 saturated carbocycles. The zero-order chi connectivity index (χ0) is 14.7. The van der Waals surface area contributed by atoms with Crippen molar-refractivity contribution in [1.82, 2.24) is 0 Å². The van der Waals surface area contributed by atoms with Gasteiger partial charge < -0.3 is 9.47 Å². The van der Waals surface area contributed by atoms with Gasteiger partial charge in [-0.05, 0) is 25.3 Å². The molecule has 21 heavy (non-hydrogen) atoms. The van der Waals surface area contributed by atoms with Crippen LogP contribution in [0.3, 0.4) is 0 Å². The summed E-state index contributed by atoms with van der Waals surface area (Å²) >= 11 is 0. The summed E-state index contributed by atoms with van der Waals surface area (Å²) in [6, 6.07) is 9.80. The van der Waals surface area contributed by atoms with Gasteiger partial charge in [-0.2, -0.15) is 0 Å². The van der Waals surface area contributed by atoms with Crippen molar-refractivity contribution in [3.05, 3.63) is 53.6 Å². The smallest absolute Gasteiger partial charge is 0.341 e. The van der Waals surface area contributed by atoms with Gasteiger partial charge >= 0.3 is 5.97 Å². The molecular formula is C18H20O3. The predicted molar refractivity (Wildman–Crippen MR) is 81.3 cm³/mol. The van der Waals surface area contributed by atoms with E-state index in [2.05, 4.69) is 6.08 Å². The number of carbonyl (C=O) groups is 1. The van der Waals surface area contributed by atoms with E-state index in [-0.39, 0.29) is 12.1 Å². The Morgan fingerprint density at radius 3 is 2.71 bits per heavy atom. The van der Waals surface area contributed by atoms with Gasteiger partial charge in [-0.1, -0.05) is 42.8 Å². The van der Waals surface area contributed by atoms with Crippen molar-refractivity contribution in [2.45, 2.75) is 31.8 Å². The first-order valence-corrected chi connectivity index (χ1v) is 7.52. The molecule has 2 atom stereocenters. The van der Waals surface area contributed by atoms with E-state index in [0.717, 1.165) is 18.4 Å². The van der Waals surface area contributed by atoms with E-state index in [1.807, 2.05) is 36.4 Å². The van der Waals surface area contributed by atoms with Crippen LogP contribution in [-0.2, 0) is 14.3 Å². The highest BCUT2D eigenvalue weighted by molar-refractivity contribution is 5.99. The first-order chi connectivity index (χ1) is 10.3. The standard InChI is InChI=1S/C18H20O3/c1-20-18(19)15-12-11-13-7-5-6-10-16(13)21-17(15)14-8-3-2-4-9-14/h2-4,8-9,11-13,16H,5-7,10H2,1H3. The first-order valence-electron chi connectivity index (χ1n) is 7.52. The fourth-order valence-corrected chi connectivity index (χ4v) is 3.09. The Hall–Kier alpha value is -2.03. The molecule has 3 nitrogen and oxygen atoms in total. The van der Waals surface area contributed by atoms with Crippen LogP contribution in [0.25, 0.3) is 5.76 Å². The number of hydrogen-bond acceptors (Lipinski definition) is 3. The highest BCUT2D eigenvalue weighted by Gasteiger charge is 2.30. The Labute approximate surface area is 125 Å². The molecule has 0 bridgehead atoms. The zero-order valence-corrected chi connectivity index (χ0v) is 12.2. The van der Waals surface area contributed by atoms with Gasteiger partial charge in [0.1, 0.15) is 17.4 Å². The minimum absolute atomic E-state index is 0.160. The predicted octanol–water partition coefficient (Wildman–Crippen LogP) is 3.72. The molecule has 0 saturated heterocycles. The normalized spacial score (nSPS) is 24.8. The van der Waals surface area contributed by atoms with Crippen molar-refractivity contribution in [1.29, 1.82) is 0 Å². The molecule has 110 valence electrons. The van der Waals surface area contributed by atoms with Gasteiger partial charge in [-0.15, -0.1) is 0 Å². The van der Waals surface area contributed by atoms with Crippen LogP contribution in [0, 0.1) is 5.92 Å². The van der Waals surface area contributed by atoms with Crippen LogP contribution in [0.2, 0.25) is 0 Å². The average molecular weight is 284 g/mol. The van der Waals surface area contributed by atoms with E-state index in [9.17, 15) is 4.79 Å². The van der Waals surface area contributed by atoms with Gasteiger partial charge in [0.25, 0.3) is 0 Å². The summed E-state index contributed by atoms with van der Waals surface area (Å²) in [5.74, 6) is 0.691. The summed E-state index contributed by atoms with van der Waals surface area (Å²) in [7, 11) is 1.41. The number of ether oxygens (including phenoxy) is 2. The topological polar surface area (TPSA) is 35.5 Å². The van der Waals surface area contributed by atoms with Crippen LogP contribution in [-0.4, -0.2) is 19.2 Å². The minimum Gasteiger partial charge on any atom is -0.488 e. The third-order valence-corrected chi connectivity index (χ3v) is 4.22. The summed E-state index contributed by atoms with van der Waals surface area (Å²) in [4.78, 5) is 12.1. The fraction of sp³-hybridized carbons (Fsp3) is 0.389. The van der Waals surface area contributed by atoms with E-state index in [1.165, 1.54) is 20.0 Å². The van der Waals surface area contributed by atoms with Crippen molar-refractivity contribution in [2.75, 3.05) is 7.11 Å². The molecule has 1 aromatic rings. The molecule has 0 amide bonds. The van der Waals surface area contributed by atoms with Crippen LogP contribution in [0.4, 0.5) is 0 Å². The van der Waals surface area contributed by atoms with Crippen molar-refractivity contribution < 1.29 is 14.3 Å². The Morgan fingerprint density at radius 2 is 1.95 bits per heavy atom. The maximum Gasteiger partial charge on any atom is 0.341 e. The van der Waals surface area contributed by atoms with E-state index in [0.29, 0.717) is 17.3 Å². The highest BCUT2D eigenvalue weighted by atomic mass is 16.5. The second-order valence-corrected chi connectivity index (χ2v) is 5.56. The quantitative estimate of drug-likeness (QED) is 0.777. The number of esters is 1. The van der Waals surface area contributed by atoms with Gasteiger partial charge in [-0.3, -0.25) is 0 Å². The minimum atomic E-state index is -0.344. The molecule has 2 unspecified atom stereocenters. The molecule has 1 aliphatic heterocycles. The first kappa shape index (κ1) is 13.9. The van der Waals surface area contributed by atoms with E-state index >= 15 is 0 Å². The Balaban J connectivity index is 2.03. The number of benzene rings is 1. The van der Waals surface area contributed by atoms with Crippen LogP contribution in [0.15, 0.2) is 48.1 Å². The van der Waals surface area contributed by atoms with Crippen molar-refractivity contribution in [2.24, 2.45) is 5.92 Å². The maximum absolute atomic E-state index is 12.1. The van der Waals surface area contributed by atoms with Gasteiger partial charge in [-0.25, -0.2) is 4.79 Å². The molecule has 0 radical (unpaired) electrons. The molecular weight excluding hydrogens is 264 g/mol. The van der Waals surface area contributed by atoms with Crippen LogP contribution >= 0.6 is 0 Å². The van der Waals surface area contributed by atoms with Gasteiger partial charge in [0.2, 0.25) is 0 Å². The lowest BCUT2D eigenvalue weighted by atomic mass is 9.86. The molecule has 1 heterocycles. The zero-order valence-electron chi connectivity index (χ0n) is 12.2. The monoisotopic (exact) mass is 284 g/mol. The lowest BCUT2D eigenvalue weighted by Crippen LogP contribution is -2.25. The third kappa shape index (κ3) is 2.87. The number of rotatable bonds is 2. The summed E-state index contributed by atoms with van der Waals surface area (Å²) in [5.41, 5.74) is 1.44. The highest BCUT2D eigenvalue weighted by Crippen LogP contribution is 2.36. The van der Waals surface area contributed by atoms with Crippen LogP contribution in [0.1, 0.15) is 31.2 Å². The number of hydrogen-bond donors (Lipinski definition) is 0. The number of methoxy groups -OCH3 is 1. The average Bonchev–Trinajstić information content (AvgIpc) is 2.74. The molecule has 1 aromatic carbocycles. The molecule has 1 aliphatic carbocycles. The number of fused-ring (bicyclic) bond motifs is 1. The summed E-state index contributed by atoms with van der Waals surface area (Å²) < 4.78 is 11.2. The Bertz CT molecular complexity index is 571. The van der Waals surface area contributed by atoms with Gasteiger partial charge in [0, 0.05) is 11.5 Å². The number of carbonyl (C=O) groups excluding carboxylic acids is 1. The SMILES string of the molecule is COC(=O)C1=C(c2ccccc2)OC2CCCCC2C=C1. The lowest BCUT2D eigenvalue weighted by Gasteiger charge is -2.29. The van der Waals surface area contributed by atoms with Gasteiger partial charge in [0.15, 0.2) is 0 Å². The Morgan fingerprint density at radius 1 is 1.19 bits per heavy atom. The van der Waals surface area contributed by atoms with E-state index in [1.54, 1.807) is 0 Å². The summed E-state index contributed by atoms with van der Waals surface area (Å²) in [5, 5.41) is 0. The van der Waals surface area contributed by atoms with Crippen molar-refractivity contribution in [3.63, 3.8) is 0 Å². The molecule has 0 aromatic heterocycles. The van der Waals surface area contributed by atoms with E-state index in [4.69, 9.17) is 9.47 Å². The van der Waals surface area contributed by atoms with Crippen LogP contribution in [0.5, 0.6) is 0 Å². The molecule has 0 spiro atoms. The fourth-order valence-electron chi connectivity index (χ4n) is 3.09. The summed E-state index contributed by atoms with van der Waals surface area (Å²) in [6.07, 6.45) is 8.73. The second-order valence-electron chi connectivity index (χ2n) is 5.56. The Kier molecular flexibility index (Phi) is 4.09. The molecule has 3 heteroatoms. The molecule has 1 fully saturated rings. The van der Waals surface area contributed by atoms with Crippen molar-refractivity contribution >= 4 is 11.7 Å². The molecule has 3 rings (SSSR count). The van der Waals surface area contributed by atoms with Crippen LogP contribution < -0.4 is 0 Å². The van der Waals surface area contributed by atoms with E-state index < -0.39 is 0 Å².